The minimum absolute atomic E-state index is 0.205. The molecule has 0 saturated heterocycles. The average Bonchev–Trinajstić information content (AvgIpc) is 3.06. The summed E-state index contributed by atoms with van der Waals surface area (Å²) in [6.07, 6.45) is 2.95. The van der Waals surface area contributed by atoms with Crippen molar-refractivity contribution in [3.05, 3.63) is 41.5 Å². The lowest BCUT2D eigenvalue weighted by atomic mass is 10.0. The molecule has 8 nitrogen and oxygen atoms in total. The summed E-state index contributed by atoms with van der Waals surface area (Å²) in [5.74, 6) is 3.69. The average molecular weight is 403 g/mol. The van der Waals surface area contributed by atoms with Crippen LogP contribution >= 0.6 is 0 Å². The molecular weight excluding hydrogens is 368 g/mol. The van der Waals surface area contributed by atoms with Gasteiger partial charge in [0.15, 0.2) is 11.8 Å². The quantitative estimate of drug-likeness (QED) is 0.394. The van der Waals surface area contributed by atoms with E-state index < -0.39 is 0 Å². The zero-order valence-corrected chi connectivity index (χ0v) is 18.0. The Morgan fingerprint density at radius 1 is 1.21 bits per heavy atom. The zero-order valence-electron chi connectivity index (χ0n) is 18.0. The molecule has 0 aliphatic heterocycles. The van der Waals surface area contributed by atoms with Gasteiger partial charge in [-0.15, -0.1) is 10.2 Å². The number of nitrogens with zero attached hydrogens (tertiary/aromatic N) is 4. The number of nitrogens with one attached hydrogen (secondary N) is 2. The first-order valence-corrected chi connectivity index (χ1v) is 10.2. The third-order valence-electron chi connectivity index (χ3n) is 4.97. The van der Waals surface area contributed by atoms with Crippen molar-refractivity contribution in [3.63, 3.8) is 0 Å². The molecule has 1 aromatic carbocycles. The molecular formula is C21H34N6O2. The van der Waals surface area contributed by atoms with Crippen LogP contribution in [0.5, 0.6) is 5.75 Å². The second-order valence-corrected chi connectivity index (χ2v) is 7.14. The number of rotatable bonds is 11. The van der Waals surface area contributed by atoms with Gasteiger partial charge in [-0.1, -0.05) is 25.5 Å². The van der Waals surface area contributed by atoms with Crippen LogP contribution in [0, 0.1) is 12.8 Å². The number of hydrogen-bond acceptors (Lipinski definition) is 5. The number of methoxy groups -OCH3 is 1. The molecule has 1 unspecified atom stereocenters. The molecule has 0 radical (unpaired) electrons. The molecule has 0 aliphatic carbocycles. The first-order valence-electron chi connectivity index (χ1n) is 10.2. The van der Waals surface area contributed by atoms with Crippen LogP contribution in [0.15, 0.2) is 29.3 Å². The van der Waals surface area contributed by atoms with Crippen molar-refractivity contribution >= 4 is 5.96 Å². The molecule has 0 fully saturated rings. The Hall–Kier alpha value is -2.61. The Kier molecular flexibility index (Phi) is 9.43. The number of aliphatic hydroxyl groups is 1. The highest BCUT2D eigenvalue weighted by Crippen LogP contribution is 2.12. The molecule has 1 heterocycles. The molecule has 1 atom stereocenters. The number of aromatic nitrogens is 3. The SMILES string of the molecule is CCCC(CCO)CNC(=NCc1ccc(OC)cc1)NCc1nnc(C)n1C. The lowest BCUT2D eigenvalue weighted by Crippen LogP contribution is -2.40. The minimum Gasteiger partial charge on any atom is -0.497 e. The van der Waals surface area contributed by atoms with Crippen LogP contribution in [0.25, 0.3) is 0 Å². The highest BCUT2D eigenvalue weighted by molar-refractivity contribution is 5.79. The van der Waals surface area contributed by atoms with Crippen LogP contribution in [0.1, 0.15) is 43.4 Å². The first-order chi connectivity index (χ1) is 14.1. The van der Waals surface area contributed by atoms with E-state index in [1.165, 1.54) is 0 Å². The second-order valence-electron chi connectivity index (χ2n) is 7.14. The maximum Gasteiger partial charge on any atom is 0.191 e. The van der Waals surface area contributed by atoms with Gasteiger partial charge in [0.05, 0.1) is 20.2 Å². The van der Waals surface area contributed by atoms with Gasteiger partial charge in [-0.05, 0) is 43.4 Å². The lowest BCUT2D eigenvalue weighted by Gasteiger charge is -2.18. The van der Waals surface area contributed by atoms with Gasteiger partial charge in [-0.2, -0.15) is 0 Å². The van der Waals surface area contributed by atoms with Crippen LogP contribution in [0.3, 0.4) is 0 Å². The van der Waals surface area contributed by atoms with Crippen molar-refractivity contribution in [1.29, 1.82) is 0 Å². The van der Waals surface area contributed by atoms with E-state index in [4.69, 9.17) is 9.73 Å². The van der Waals surface area contributed by atoms with Crippen LogP contribution < -0.4 is 15.4 Å². The van der Waals surface area contributed by atoms with Crippen molar-refractivity contribution in [2.75, 3.05) is 20.3 Å². The van der Waals surface area contributed by atoms with Gasteiger partial charge >= 0.3 is 0 Å². The number of aryl methyl sites for hydroxylation is 1. The van der Waals surface area contributed by atoms with Gasteiger partial charge in [-0.3, -0.25) is 0 Å². The Balaban J connectivity index is 2.04. The van der Waals surface area contributed by atoms with E-state index in [1.807, 2.05) is 42.8 Å². The largest absolute Gasteiger partial charge is 0.497 e. The van der Waals surface area contributed by atoms with E-state index in [0.717, 1.165) is 54.7 Å². The van der Waals surface area contributed by atoms with Crippen molar-refractivity contribution in [3.8, 4) is 5.75 Å². The van der Waals surface area contributed by atoms with Crippen LogP contribution in [0.4, 0.5) is 0 Å². The maximum atomic E-state index is 9.31. The highest BCUT2D eigenvalue weighted by Gasteiger charge is 2.10. The Morgan fingerprint density at radius 2 is 1.97 bits per heavy atom. The Bertz CT molecular complexity index is 751. The van der Waals surface area contributed by atoms with Gasteiger partial charge in [0.2, 0.25) is 0 Å². The number of hydrogen-bond donors (Lipinski definition) is 3. The lowest BCUT2D eigenvalue weighted by molar-refractivity contribution is 0.251. The fraction of sp³-hybridized carbons (Fsp3) is 0.571. The molecule has 8 heteroatoms. The van der Waals surface area contributed by atoms with Gasteiger partial charge < -0.3 is 25.0 Å². The number of guanidine groups is 1. The highest BCUT2D eigenvalue weighted by atomic mass is 16.5. The summed E-state index contributed by atoms with van der Waals surface area (Å²) in [6.45, 7) is 6.15. The van der Waals surface area contributed by atoms with Crippen LogP contribution in [-0.2, 0) is 20.1 Å². The van der Waals surface area contributed by atoms with Crippen molar-refractivity contribution in [2.24, 2.45) is 18.0 Å². The van der Waals surface area contributed by atoms with E-state index >= 15 is 0 Å². The number of aliphatic imine (C=N–C) groups is 1. The van der Waals surface area contributed by atoms with E-state index in [9.17, 15) is 5.11 Å². The molecule has 0 aliphatic rings. The third kappa shape index (κ3) is 7.38. The van der Waals surface area contributed by atoms with Gasteiger partial charge in [0.1, 0.15) is 11.6 Å². The van der Waals surface area contributed by atoms with Gasteiger partial charge in [0.25, 0.3) is 0 Å². The van der Waals surface area contributed by atoms with Crippen molar-refractivity contribution in [2.45, 2.75) is 46.2 Å². The van der Waals surface area contributed by atoms with E-state index in [1.54, 1.807) is 7.11 Å². The number of ether oxygens (including phenoxy) is 1. The predicted octanol–water partition coefficient (Wildman–Crippen LogP) is 2.17. The molecule has 29 heavy (non-hydrogen) atoms. The van der Waals surface area contributed by atoms with Gasteiger partial charge in [-0.25, -0.2) is 4.99 Å². The summed E-state index contributed by atoms with van der Waals surface area (Å²) in [4.78, 5) is 4.73. The molecule has 0 bridgehead atoms. The molecule has 1 aromatic heterocycles. The van der Waals surface area contributed by atoms with Crippen LogP contribution in [-0.4, -0.2) is 46.1 Å². The fourth-order valence-electron chi connectivity index (χ4n) is 3.02. The monoisotopic (exact) mass is 402 g/mol. The molecule has 0 saturated carbocycles. The topological polar surface area (TPSA) is 96.6 Å². The summed E-state index contributed by atoms with van der Waals surface area (Å²) in [7, 11) is 3.61. The van der Waals surface area contributed by atoms with Gasteiger partial charge in [0, 0.05) is 20.2 Å². The fourth-order valence-corrected chi connectivity index (χ4v) is 3.02. The Labute approximate surface area is 173 Å². The zero-order chi connectivity index (χ0) is 21.1. The third-order valence-corrected chi connectivity index (χ3v) is 4.97. The van der Waals surface area contributed by atoms with E-state index in [2.05, 4.69) is 27.8 Å². The van der Waals surface area contributed by atoms with E-state index in [-0.39, 0.29) is 6.61 Å². The summed E-state index contributed by atoms with van der Waals surface area (Å²) < 4.78 is 7.17. The summed E-state index contributed by atoms with van der Waals surface area (Å²) >= 11 is 0. The standard InChI is InChI=1S/C21H34N6O2/c1-5-6-17(11-12-28)13-22-21(24-15-20-26-25-16(2)27(20)3)23-14-18-7-9-19(29-4)10-8-18/h7-10,17,28H,5-6,11-15H2,1-4H3,(H2,22,23,24). The molecule has 2 aromatic rings. The molecule has 2 rings (SSSR count). The Morgan fingerprint density at radius 3 is 2.55 bits per heavy atom. The molecule has 160 valence electrons. The molecule has 0 amide bonds. The minimum atomic E-state index is 0.205. The maximum absolute atomic E-state index is 9.31. The van der Waals surface area contributed by atoms with Crippen molar-refractivity contribution < 1.29 is 9.84 Å². The summed E-state index contributed by atoms with van der Waals surface area (Å²) in [5, 5.41) is 24.4. The normalized spacial score (nSPS) is 12.7. The predicted molar refractivity (Wildman–Crippen MR) is 115 cm³/mol. The summed E-state index contributed by atoms with van der Waals surface area (Å²) in [6, 6.07) is 7.90. The smallest absolute Gasteiger partial charge is 0.191 e. The van der Waals surface area contributed by atoms with Crippen LogP contribution in [0.2, 0.25) is 0 Å². The number of aliphatic hydroxyl groups excluding tert-OH is 1. The second kappa shape index (κ2) is 12.1. The molecule has 0 spiro atoms. The van der Waals surface area contributed by atoms with E-state index in [0.29, 0.717) is 19.0 Å². The van der Waals surface area contributed by atoms with Crippen molar-refractivity contribution in [1.82, 2.24) is 25.4 Å². The number of benzene rings is 1. The first kappa shape index (κ1) is 22.7. The molecule has 3 N–H and O–H groups in total. The summed E-state index contributed by atoms with van der Waals surface area (Å²) in [5.41, 5.74) is 1.10.